The molecular weight excluding hydrogens is 300 g/mol. The molecule has 0 aromatic heterocycles. The van der Waals surface area contributed by atoms with Crippen molar-refractivity contribution in [1.82, 2.24) is 10.0 Å². The molecule has 1 aromatic carbocycles. The zero-order valence-electron chi connectivity index (χ0n) is 11.5. The van der Waals surface area contributed by atoms with Crippen LogP contribution in [0.4, 0.5) is 0 Å². The molecule has 1 atom stereocenters. The first kappa shape index (κ1) is 17.4. The molecule has 7 heteroatoms. The van der Waals surface area contributed by atoms with E-state index in [1.165, 1.54) is 0 Å². The van der Waals surface area contributed by atoms with Gasteiger partial charge in [-0.2, -0.15) is 0 Å². The van der Waals surface area contributed by atoms with E-state index in [0.717, 1.165) is 19.4 Å². The predicted molar refractivity (Wildman–Crippen MR) is 80.7 cm³/mol. The van der Waals surface area contributed by atoms with E-state index in [1.54, 1.807) is 37.4 Å². The van der Waals surface area contributed by atoms with Gasteiger partial charge in [0.15, 0.2) is 0 Å². The molecule has 1 aromatic rings. The molecule has 114 valence electrons. The number of halogens is 1. The van der Waals surface area contributed by atoms with Gasteiger partial charge in [-0.05, 0) is 31.5 Å². The summed E-state index contributed by atoms with van der Waals surface area (Å²) in [5.74, 6) is 0. The van der Waals surface area contributed by atoms with Gasteiger partial charge >= 0.3 is 0 Å². The Morgan fingerprint density at radius 1 is 1.35 bits per heavy atom. The highest BCUT2D eigenvalue weighted by molar-refractivity contribution is 7.89. The maximum absolute atomic E-state index is 12.2. The van der Waals surface area contributed by atoms with Gasteiger partial charge in [0, 0.05) is 13.7 Å². The van der Waals surface area contributed by atoms with Crippen LogP contribution in [0.1, 0.15) is 12.8 Å². The molecule has 0 amide bonds. The average Bonchev–Trinajstić information content (AvgIpc) is 2.87. The van der Waals surface area contributed by atoms with Gasteiger partial charge < -0.3 is 10.1 Å². The monoisotopic (exact) mass is 320 g/mol. The van der Waals surface area contributed by atoms with Crippen LogP contribution in [0, 0.1) is 0 Å². The molecule has 0 bridgehead atoms. The maximum atomic E-state index is 12.2. The number of methoxy groups -OCH3 is 1. The smallest absolute Gasteiger partial charge is 0.240 e. The van der Waals surface area contributed by atoms with Crippen molar-refractivity contribution in [3.63, 3.8) is 0 Å². The first-order chi connectivity index (χ1) is 9.08. The third-order valence-electron chi connectivity index (χ3n) is 3.41. The van der Waals surface area contributed by atoms with Gasteiger partial charge in [0.2, 0.25) is 10.0 Å². The van der Waals surface area contributed by atoms with Crippen LogP contribution in [0.5, 0.6) is 0 Å². The Morgan fingerprint density at radius 3 is 2.60 bits per heavy atom. The fraction of sp³-hybridized carbons (Fsp3) is 0.538. The van der Waals surface area contributed by atoms with Crippen molar-refractivity contribution in [3.8, 4) is 0 Å². The SMILES string of the molecule is COCC1(CNS(=O)(=O)c2ccccc2)CCCN1.Cl. The predicted octanol–water partition coefficient (Wildman–Crippen LogP) is 1.16. The van der Waals surface area contributed by atoms with Gasteiger partial charge in [-0.15, -0.1) is 12.4 Å². The van der Waals surface area contributed by atoms with Gasteiger partial charge in [-0.25, -0.2) is 13.1 Å². The lowest BCUT2D eigenvalue weighted by Gasteiger charge is -2.28. The average molecular weight is 321 g/mol. The number of ether oxygens (including phenoxy) is 1. The topological polar surface area (TPSA) is 67.4 Å². The van der Waals surface area contributed by atoms with Gasteiger partial charge in [-0.3, -0.25) is 0 Å². The fourth-order valence-corrected chi connectivity index (χ4v) is 3.53. The first-order valence-electron chi connectivity index (χ1n) is 6.37. The van der Waals surface area contributed by atoms with Crippen LogP contribution < -0.4 is 10.0 Å². The lowest BCUT2D eigenvalue weighted by Crippen LogP contribution is -2.52. The van der Waals surface area contributed by atoms with E-state index in [0.29, 0.717) is 18.0 Å². The zero-order chi connectivity index (χ0) is 13.8. The number of rotatable bonds is 6. The second kappa shape index (κ2) is 7.38. The van der Waals surface area contributed by atoms with Crippen molar-refractivity contribution in [2.75, 3.05) is 26.8 Å². The fourth-order valence-electron chi connectivity index (χ4n) is 2.39. The number of benzene rings is 1. The van der Waals surface area contributed by atoms with Crippen molar-refractivity contribution >= 4 is 22.4 Å². The first-order valence-corrected chi connectivity index (χ1v) is 7.85. The highest BCUT2D eigenvalue weighted by Crippen LogP contribution is 2.19. The zero-order valence-corrected chi connectivity index (χ0v) is 13.1. The molecule has 20 heavy (non-hydrogen) atoms. The van der Waals surface area contributed by atoms with Gasteiger partial charge in [0.25, 0.3) is 0 Å². The molecule has 0 radical (unpaired) electrons. The molecule has 1 aliphatic heterocycles. The minimum atomic E-state index is -3.45. The number of nitrogens with one attached hydrogen (secondary N) is 2. The normalized spacial score (nSPS) is 22.4. The molecular formula is C13H21ClN2O3S. The van der Waals surface area contributed by atoms with E-state index in [9.17, 15) is 8.42 Å². The molecule has 0 spiro atoms. The Balaban J connectivity index is 0.00000200. The molecule has 1 fully saturated rings. The summed E-state index contributed by atoms with van der Waals surface area (Å²) in [5.41, 5.74) is -0.281. The quantitative estimate of drug-likeness (QED) is 0.825. The Bertz CT molecular complexity index is 502. The van der Waals surface area contributed by atoms with Crippen molar-refractivity contribution in [2.45, 2.75) is 23.3 Å². The molecule has 1 aliphatic rings. The minimum Gasteiger partial charge on any atom is -0.383 e. The molecule has 1 heterocycles. The van der Waals surface area contributed by atoms with Gasteiger partial charge in [0.05, 0.1) is 17.0 Å². The minimum absolute atomic E-state index is 0. The Morgan fingerprint density at radius 2 is 2.05 bits per heavy atom. The van der Waals surface area contributed by atoms with Gasteiger partial charge in [0.1, 0.15) is 0 Å². The van der Waals surface area contributed by atoms with E-state index in [-0.39, 0.29) is 17.9 Å². The third kappa shape index (κ3) is 4.17. The van der Waals surface area contributed by atoms with Crippen LogP contribution in [0.25, 0.3) is 0 Å². The molecule has 2 N–H and O–H groups in total. The second-order valence-corrected chi connectivity index (χ2v) is 6.65. The lowest BCUT2D eigenvalue weighted by atomic mass is 9.99. The van der Waals surface area contributed by atoms with Crippen LogP contribution in [-0.2, 0) is 14.8 Å². The van der Waals surface area contributed by atoms with Crippen LogP contribution in [0.3, 0.4) is 0 Å². The number of sulfonamides is 1. The second-order valence-electron chi connectivity index (χ2n) is 4.88. The third-order valence-corrected chi connectivity index (χ3v) is 4.82. The van der Waals surface area contributed by atoms with E-state index in [4.69, 9.17) is 4.74 Å². The maximum Gasteiger partial charge on any atom is 0.240 e. The van der Waals surface area contributed by atoms with Crippen molar-refractivity contribution in [2.24, 2.45) is 0 Å². The number of hydrogen-bond donors (Lipinski definition) is 2. The van der Waals surface area contributed by atoms with E-state index in [2.05, 4.69) is 10.0 Å². The van der Waals surface area contributed by atoms with Crippen LogP contribution in [0.2, 0.25) is 0 Å². The van der Waals surface area contributed by atoms with E-state index in [1.807, 2.05) is 0 Å². The number of hydrogen-bond acceptors (Lipinski definition) is 4. The molecule has 1 saturated heterocycles. The standard InChI is InChI=1S/C13H20N2O3S.ClH/c1-18-11-13(8-5-9-14-13)10-15-19(16,17)12-6-3-2-4-7-12;/h2-4,6-7,14-15H,5,8-11H2,1H3;1H. The summed E-state index contributed by atoms with van der Waals surface area (Å²) in [5, 5.41) is 3.34. The molecule has 5 nitrogen and oxygen atoms in total. The summed E-state index contributed by atoms with van der Waals surface area (Å²) in [4.78, 5) is 0.292. The van der Waals surface area contributed by atoms with Gasteiger partial charge in [-0.1, -0.05) is 18.2 Å². The molecule has 0 aliphatic carbocycles. The Labute approximate surface area is 126 Å². The Hall–Kier alpha value is -0.660. The van der Waals surface area contributed by atoms with Crippen LogP contribution in [-0.4, -0.2) is 40.8 Å². The molecule has 0 saturated carbocycles. The van der Waals surface area contributed by atoms with E-state index < -0.39 is 10.0 Å². The summed E-state index contributed by atoms with van der Waals surface area (Å²) >= 11 is 0. The highest BCUT2D eigenvalue weighted by atomic mass is 35.5. The summed E-state index contributed by atoms with van der Waals surface area (Å²) in [6.45, 7) is 1.75. The highest BCUT2D eigenvalue weighted by Gasteiger charge is 2.34. The van der Waals surface area contributed by atoms with Crippen molar-refractivity contribution in [3.05, 3.63) is 30.3 Å². The summed E-state index contributed by atoms with van der Waals surface area (Å²) in [7, 11) is -1.82. The van der Waals surface area contributed by atoms with Crippen LogP contribution in [0.15, 0.2) is 35.2 Å². The Kier molecular flexibility index (Phi) is 6.42. The summed E-state index contributed by atoms with van der Waals surface area (Å²) in [6, 6.07) is 8.41. The molecule has 1 unspecified atom stereocenters. The van der Waals surface area contributed by atoms with E-state index >= 15 is 0 Å². The molecule has 2 rings (SSSR count). The van der Waals surface area contributed by atoms with Crippen LogP contribution >= 0.6 is 12.4 Å². The summed E-state index contributed by atoms with van der Waals surface area (Å²) in [6.07, 6.45) is 1.95. The lowest BCUT2D eigenvalue weighted by molar-refractivity contribution is 0.122. The largest absolute Gasteiger partial charge is 0.383 e. The summed E-state index contributed by atoms with van der Waals surface area (Å²) < 4.78 is 32.2. The van der Waals surface area contributed by atoms with Crippen molar-refractivity contribution < 1.29 is 13.2 Å². The van der Waals surface area contributed by atoms with Crippen molar-refractivity contribution in [1.29, 1.82) is 0 Å².